The molecule has 15 heavy (non-hydrogen) atoms. The van der Waals surface area contributed by atoms with Crippen molar-refractivity contribution in [1.82, 2.24) is 9.97 Å². The van der Waals surface area contributed by atoms with E-state index in [2.05, 4.69) is 9.97 Å². The Morgan fingerprint density at radius 2 is 2.00 bits per heavy atom. The molecule has 0 radical (unpaired) electrons. The second-order valence-corrected chi connectivity index (χ2v) is 4.93. The van der Waals surface area contributed by atoms with E-state index in [9.17, 15) is 0 Å². The van der Waals surface area contributed by atoms with Crippen LogP contribution in [0, 0.1) is 0 Å². The van der Waals surface area contributed by atoms with Gasteiger partial charge in [-0.1, -0.05) is 23.2 Å². The number of hydrogen-bond acceptors (Lipinski definition) is 3. The fraction of sp³-hybridized carbons (Fsp3) is 0. The van der Waals surface area contributed by atoms with Gasteiger partial charge >= 0.3 is 0 Å². The SMILES string of the molecule is Clc1ccc2sc3c(Cl)ncnc3c2c1. The molecule has 0 atom stereocenters. The molecular weight excluding hydrogens is 251 g/mol. The zero-order chi connectivity index (χ0) is 10.4. The fourth-order valence-electron chi connectivity index (χ4n) is 1.52. The smallest absolute Gasteiger partial charge is 0.150 e. The lowest BCUT2D eigenvalue weighted by molar-refractivity contribution is 1.23. The van der Waals surface area contributed by atoms with Crippen molar-refractivity contribution in [2.45, 2.75) is 0 Å². The molecule has 1 aromatic carbocycles. The van der Waals surface area contributed by atoms with Gasteiger partial charge in [-0.3, -0.25) is 0 Å². The van der Waals surface area contributed by atoms with Crippen LogP contribution in [0.5, 0.6) is 0 Å². The maximum atomic E-state index is 5.99. The minimum atomic E-state index is 0.498. The minimum Gasteiger partial charge on any atom is -0.235 e. The van der Waals surface area contributed by atoms with Crippen molar-refractivity contribution in [1.29, 1.82) is 0 Å². The Bertz CT molecular complexity index is 663. The maximum Gasteiger partial charge on any atom is 0.150 e. The predicted octanol–water partition coefficient (Wildman–Crippen LogP) is 4.15. The van der Waals surface area contributed by atoms with Crippen LogP contribution >= 0.6 is 34.5 Å². The fourth-order valence-corrected chi connectivity index (χ4v) is 2.96. The highest BCUT2D eigenvalue weighted by Crippen LogP contribution is 2.36. The van der Waals surface area contributed by atoms with Gasteiger partial charge in [0.05, 0.1) is 10.2 Å². The van der Waals surface area contributed by atoms with E-state index in [0.29, 0.717) is 10.2 Å². The monoisotopic (exact) mass is 254 g/mol. The molecule has 0 spiro atoms. The average molecular weight is 255 g/mol. The van der Waals surface area contributed by atoms with E-state index in [0.717, 1.165) is 20.3 Å². The summed E-state index contributed by atoms with van der Waals surface area (Å²) < 4.78 is 2.04. The van der Waals surface area contributed by atoms with E-state index in [-0.39, 0.29) is 0 Å². The first-order chi connectivity index (χ1) is 7.25. The van der Waals surface area contributed by atoms with Gasteiger partial charge in [-0.2, -0.15) is 0 Å². The van der Waals surface area contributed by atoms with Crippen molar-refractivity contribution in [3.05, 3.63) is 34.7 Å². The molecule has 0 saturated heterocycles. The van der Waals surface area contributed by atoms with Gasteiger partial charge in [0.2, 0.25) is 0 Å². The third-order valence-corrected chi connectivity index (χ3v) is 3.97. The van der Waals surface area contributed by atoms with Crippen molar-refractivity contribution in [2.24, 2.45) is 0 Å². The van der Waals surface area contributed by atoms with Crippen molar-refractivity contribution in [3.63, 3.8) is 0 Å². The molecule has 0 bridgehead atoms. The summed E-state index contributed by atoms with van der Waals surface area (Å²) in [6.45, 7) is 0. The summed E-state index contributed by atoms with van der Waals surface area (Å²) in [6, 6.07) is 5.74. The molecule has 0 unspecified atom stereocenters. The van der Waals surface area contributed by atoms with Crippen molar-refractivity contribution >= 4 is 54.8 Å². The first-order valence-corrected chi connectivity index (χ1v) is 5.81. The van der Waals surface area contributed by atoms with Gasteiger partial charge in [0.15, 0.2) is 0 Å². The highest BCUT2D eigenvalue weighted by molar-refractivity contribution is 7.26. The molecule has 2 nitrogen and oxygen atoms in total. The van der Waals surface area contributed by atoms with Crippen LogP contribution in [0.15, 0.2) is 24.5 Å². The summed E-state index contributed by atoms with van der Waals surface area (Å²) in [5.41, 5.74) is 0.873. The quantitative estimate of drug-likeness (QED) is 0.564. The maximum absolute atomic E-state index is 5.99. The standard InChI is InChI=1S/C10H4Cl2N2S/c11-5-1-2-7-6(3-5)8-9(15-7)10(12)14-4-13-8/h1-4H. The number of halogens is 2. The summed E-state index contributed by atoms with van der Waals surface area (Å²) >= 11 is 13.5. The molecule has 5 heteroatoms. The highest BCUT2D eigenvalue weighted by atomic mass is 35.5. The van der Waals surface area contributed by atoms with E-state index in [1.807, 2.05) is 18.2 Å². The highest BCUT2D eigenvalue weighted by Gasteiger charge is 2.09. The summed E-state index contributed by atoms with van der Waals surface area (Å²) in [4.78, 5) is 8.18. The Labute approximate surface area is 99.5 Å². The zero-order valence-corrected chi connectivity index (χ0v) is 9.70. The van der Waals surface area contributed by atoms with Gasteiger partial charge in [-0.05, 0) is 18.2 Å². The molecule has 2 heterocycles. The number of aromatic nitrogens is 2. The van der Waals surface area contributed by atoms with Gasteiger partial charge in [-0.25, -0.2) is 9.97 Å². The van der Waals surface area contributed by atoms with Crippen LogP contribution in [-0.2, 0) is 0 Å². The largest absolute Gasteiger partial charge is 0.235 e. The first-order valence-electron chi connectivity index (χ1n) is 4.24. The lowest BCUT2D eigenvalue weighted by atomic mass is 10.2. The van der Waals surface area contributed by atoms with E-state index in [1.54, 1.807) is 11.3 Å². The summed E-state index contributed by atoms with van der Waals surface area (Å²) in [6.07, 6.45) is 1.47. The zero-order valence-electron chi connectivity index (χ0n) is 7.37. The Morgan fingerprint density at radius 3 is 2.87 bits per heavy atom. The Hall–Kier alpha value is -0.900. The Morgan fingerprint density at radius 1 is 1.13 bits per heavy atom. The molecular formula is C10H4Cl2N2S. The van der Waals surface area contributed by atoms with Gasteiger partial charge in [0.1, 0.15) is 11.5 Å². The van der Waals surface area contributed by atoms with E-state index in [1.165, 1.54) is 6.33 Å². The molecule has 74 valence electrons. The van der Waals surface area contributed by atoms with E-state index >= 15 is 0 Å². The molecule has 0 amide bonds. The second-order valence-electron chi connectivity index (χ2n) is 3.08. The average Bonchev–Trinajstić information content (AvgIpc) is 2.58. The molecule has 0 fully saturated rings. The van der Waals surface area contributed by atoms with Crippen LogP contribution in [0.2, 0.25) is 10.2 Å². The van der Waals surface area contributed by atoms with Crippen LogP contribution in [0.1, 0.15) is 0 Å². The van der Waals surface area contributed by atoms with Crippen LogP contribution in [0.3, 0.4) is 0 Å². The number of hydrogen-bond donors (Lipinski definition) is 0. The second kappa shape index (κ2) is 3.30. The molecule has 3 rings (SSSR count). The van der Waals surface area contributed by atoms with Crippen LogP contribution in [0.25, 0.3) is 20.3 Å². The number of thiophene rings is 1. The van der Waals surface area contributed by atoms with Gasteiger partial charge < -0.3 is 0 Å². The van der Waals surface area contributed by atoms with Crippen LogP contribution in [-0.4, -0.2) is 9.97 Å². The molecule has 2 aromatic heterocycles. The summed E-state index contributed by atoms with van der Waals surface area (Å²) in [5, 5.41) is 2.24. The van der Waals surface area contributed by atoms with Gasteiger partial charge in [-0.15, -0.1) is 11.3 Å². The topological polar surface area (TPSA) is 25.8 Å². The van der Waals surface area contributed by atoms with Gasteiger partial charge in [0, 0.05) is 15.1 Å². The number of benzene rings is 1. The number of fused-ring (bicyclic) bond motifs is 3. The third-order valence-electron chi connectivity index (χ3n) is 2.17. The number of nitrogens with zero attached hydrogens (tertiary/aromatic N) is 2. The van der Waals surface area contributed by atoms with Crippen molar-refractivity contribution in [2.75, 3.05) is 0 Å². The molecule has 0 aliphatic carbocycles. The summed E-state index contributed by atoms with van der Waals surface area (Å²) in [7, 11) is 0. The van der Waals surface area contributed by atoms with Gasteiger partial charge in [0.25, 0.3) is 0 Å². The minimum absolute atomic E-state index is 0.498. The van der Waals surface area contributed by atoms with Crippen LogP contribution in [0.4, 0.5) is 0 Å². The molecule has 0 N–H and O–H groups in total. The Balaban J connectivity index is 2.58. The lowest BCUT2D eigenvalue weighted by Gasteiger charge is -1.91. The number of rotatable bonds is 0. The summed E-state index contributed by atoms with van der Waals surface area (Å²) in [5.74, 6) is 0. The Kier molecular flexibility index (Phi) is 2.06. The molecule has 0 saturated carbocycles. The predicted molar refractivity (Wildman–Crippen MR) is 64.9 cm³/mol. The normalized spacial score (nSPS) is 11.3. The first kappa shape index (κ1) is 9.33. The van der Waals surface area contributed by atoms with E-state index < -0.39 is 0 Å². The third kappa shape index (κ3) is 1.39. The van der Waals surface area contributed by atoms with Crippen molar-refractivity contribution in [3.8, 4) is 0 Å². The van der Waals surface area contributed by atoms with E-state index in [4.69, 9.17) is 23.2 Å². The molecule has 3 aromatic rings. The molecule has 0 aliphatic heterocycles. The van der Waals surface area contributed by atoms with Crippen molar-refractivity contribution < 1.29 is 0 Å². The van der Waals surface area contributed by atoms with Crippen LogP contribution < -0.4 is 0 Å². The molecule has 0 aliphatic rings. The lowest BCUT2D eigenvalue weighted by Crippen LogP contribution is -1.78.